The normalized spacial score (nSPS) is 14.7. The molecule has 6 nitrogen and oxygen atoms in total. The van der Waals surface area contributed by atoms with Crippen molar-refractivity contribution in [3.8, 4) is 22.6 Å². The average Bonchev–Trinajstić information content (AvgIpc) is 3.36. The Morgan fingerprint density at radius 2 is 1.68 bits per heavy atom. The summed E-state index contributed by atoms with van der Waals surface area (Å²) in [4.78, 5) is 17.5. The van der Waals surface area contributed by atoms with Gasteiger partial charge in [0, 0.05) is 61.4 Å². The molecular weight excluding hydrogens is 464 g/mol. The van der Waals surface area contributed by atoms with Gasteiger partial charge in [-0.05, 0) is 41.8 Å². The third kappa shape index (κ3) is 5.39. The second kappa shape index (κ2) is 10.9. The predicted molar refractivity (Wildman–Crippen MR) is 147 cm³/mol. The molecule has 1 aliphatic heterocycles. The molecule has 0 bridgehead atoms. The molecule has 0 spiro atoms. The van der Waals surface area contributed by atoms with Crippen molar-refractivity contribution in [3.63, 3.8) is 0 Å². The van der Waals surface area contributed by atoms with Gasteiger partial charge in [0.25, 0.3) is 0 Å². The van der Waals surface area contributed by atoms with E-state index in [2.05, 4.69) is 29.2 Å². The highest BCUT2D eigenvalue weighted by Crippen LogP contribution is 2.37. The fourth-order valence-electron chi connectivity index (χ4n) is 4.85. The number of hydrogen-bond donors (Lipinski definition) is 0. The zero-order valence-electron chi connectivity index (χ0n) is 21.6. The maximum absolute atomic E-state index is 13.2. The van der Waals surface area contributed by atoms with Crippen molar-refractivity contribution >= 4 is 22.4 Å². The predicted octanol–water partition coefficient (Wildman–Crippen LogP) is 5.86. The molecule has 2 heterocycles. The molecule has 190 valence electrons. The van der Waals surface area contributed by atoms with Crippen LogP contribution in [0.4, 0.5) is 0 Å². The molecule has 0 atom stereocenters. The van der Waals surface area contributed by atoms with Crippen LogP contribution in [-0.4, -0.2) is 56.1 Å². The Hall–Kier alpha value is -4.03. The number of carbonyl (C=O) groups is 1. The van der Waals surface area contributed by atoms with Crippen LogP contribution in [0.3, 0.4) is 0 Å². The van der Waals surface area contributed by atoms with Gasteiger partial charge >= 0.3 is 0 Å². The van der Waals surface area contributed by atoms with E-state index in [0.717, 1.165) is 71.7 Å². The standard InChI is InChI=1S/C31H32N2O4/c1-22(17-31(34)33-15-13-32(14-16-33)20-23-7-5-4-6-8-23)26-18-27-28(21-37-30(27)19-29(26)36-3)24-9-11-25(35-2)12-10-24/h4-12,17-19,21H,13-16,20H2,1-3H3/b22-17+. The molecule has 1 fully saturated rings. The Morgan fingerprint density at radius 1 is 0.946 bits per heavy atom. The maximum atomic E-state index is 13.2. The summed E-state index contributed by atoms with van der Waals surface area (Å²) in [5.74, 6) is 1.51. The topological polar surface area (TPSA) is 55.2 Å². The van der Waals surface area contributed by atoms with Crippen molar-refractivity contribution in [2.45, 2.75) is 13.5 Å². The first-order valence-electron chi connectivity index (χ1n) is 12.5. The third-order valence-corrected chi connectivity index (χ3v) is 6.99. The van der Waals surface area contributed by atoms with Gasteiger partial charge in [0.15, 0.2) is 0 Å². The van der Waals surface area contributed by atoms with Gasteiger partial charge in [0.2, 0.25) is 5.91 Å². The number of rotatable bonds is 7. The number of amides is 1. The minimum atomic E-state index is 0.0292. The van der Waals surface area contributed by atoms with Crippen molar-refractivity contribution in [2.75, 3.05) is 40.4 Å². The first kappa shape index (κ1) is 24.7. The Labute approximate surface area is 217 Å². The minimum Gasteiger partial charge on any atom is -0.497 e. The summed E-state index contributed by atoms with van der Waals surface area (Å²) >= 11 is 0. The summed E-state index contributed by atoms with van der Waals surface area (Å²) in [6, 6.07) is 22.3. The van der Waals surface area contributed by atoms with Gasteiger partial charge in [0.05, 0.1) is 20.5 Å². The smallest absolute Gasteiger partial charge is 0.246 e. The van der Waals surface area contributed by atoms with Gasteiger partial charge in [-0.25, -0.2) is 0 Å². The number of benzene rings is 3. The molecule has 0 N–H and O–H groups in total. The lowest BCUT2D eigenvalue weighted by Crippen LogP contribution is -2.47. The number of hydrogen-bond acceptors (Lipinski definition) is 5. The second-order valence-electron chi connectivity index (χ2n) is 9.34. The summed E-state index contributed by atoms with van der Waals surface area (Å²) in [5.41, 5.74) is 5.78. The van der Waals surface area contributed by atoms with E-state index < -0.39 is 0 Å². The van der Waals surface area contributed by atoms with Gasteiger partial charge in [-0.1, -0.05) is 42.5 Å². The quantitative estimate of drug-likeness (QED) is 0.300. The van der Waals surface area contributed by atoms with E-state index in [4.69, 9.17) is 13.9 Å². The number of piperazine rings is 1. The number of fused-ring (bicyclic) bond motifs is 1. The Balaban J connectivity index is 1.34. The fourth-order valence-corrected chi connectivity index (χ4v) is 4.85. The van der Waals surface area contributed by atoms with E-state index in [1.807, 2.05) is 54.3 Å². The van der Waals surface area contributed by atoms with E-state index >= 15 is 0 Å². The molecule has 0 radical (unpaired) electrons. The van der Waals surface area contributed by atoms with Crippen LogP contribution >= 0.6 is 0 Å². The summed E-state index contributed by atoms with van der Waals surface area (Å²) in [5, 5.41) is 0.968. The van der Waals surface area contributed by atoms with Crippen LogP contribution in [0.2, 0.25) is 0 Å². The monoisotopic (exact) mass is 496 g/mol. The van der Waals surface area contributed by atoms with E-state index in [1.165, 1.54) is 5.56 Å². The summed E-state index contributed by atoms with van der Waals surface area (Å²) in [6.07, 6.45) is 3.48. The third-order valence-electron chi connectivity index (χ3n) is 6.99. The Bertz CT molecular complexity index is 1400. The van der Waals surface area contributed by atoms with Crippen molar-refractivity contribution in [1.29, 1.82) is 0 Å². The Kier molecular flexibility index (Phi) is 7.28. The first-order valence-corrected chi connectivity index (χ1v) is 12.5. The lowest BCUT2D eigenvalue weighted by molar-refractivity contribution is -0.127. The lowest BCUT2D eigenvalue weighted by atomic mass is 9.99. The average molecular weight is 497 g/mol. The van der Waals surface area contributed by atoms with Gasteiger partial charge in [0.1, 0.15) is 17.1 Å². The van der Waals surface area contributed by atoms with Crippen molar-refractivity contribution in [1.82, 2.24) is 9.80 Å². The van der Waals surface area contributed by atoms with Gasteiger partial charge in [-0.3, -0.25) is 9.69 Å². The number of ether oxygens (including phenoxy) is 2. The molecule has 1 amide bonds. The first-order chi connectivity index (χ1) is 18.1. The van der Waals surface area contributed by atoms with E-state index in [0.29, 0.717) is 5.75 Å². The maximum Gasteiger partial charge on any atom is 0.246 e. The highest BCUT2D eigenvalue weighted by atomic mass is 16.5. The number of nitrogens with zero attached hydrogens (tertiary/aromatic N) is 2. The Morgan fingerprint density at radius 3 is 2.35 bits per heavy atom. The van der Waals surface area contributed by atoms with Crippen LogP contribution in [0.25, 0.3) is 27.7 Å². The molecule has 3 aromatic carbocycles. The second-order valence-corrected chi connectivity index (χ2v) is 9.34. The van der Waals surface area contributed by atoms with Gasteiger partial charge in [-0.2, -0.15) is 0 Å². The lowest BCUT2D eigenvalue weighted by Gasteiger charge is -2.34. The number of carbonyl (C=O) groups excluding carboxylic acids is 1. The van der Waals surface area contributed by atoms with Crippen molar-refractivity contribution in [2.24, 2.45) is 0 Å². The van der Waals surface area contributed by atoms with Crippen molar-refractivity contribution < 1.29 is 18.7 Å². The van der Waals surface area contributed by atoms with E-state index in [-0.39, 0.29) is 5.91 Å². The van der Waals surface area contributed by atoms with Crippen LogP contribution in [0, 0.1) is 0 Å². The molecule has 37 heavy (non-hydrogen) atoms. The van der Waals surface area contributed by atoms with Crippen LogP contribution in [0.15, 0.2) is 83.5 Å². The highest BCUT2D eigenvalue weighted by molar-refractivity contribution is 6.00. The summed E-state index contributed by atoms with van der Waals surface area (Å²) in [7, 11) is 3.29. The molecule has 1 aromatic heterocycles. The summed E-state index contributed by atoms with van der Waals surface area (Å²) < 4.78 is 16.8. The minimum absolute atomic E-state index is 0.0292. The van der Waals surface area contributed by atoms with Gasteiger partial charge < -0.3 is 18.8 Å². The van der Waals surface area contributed by atoms with Crippen LogP contribution < -0.4 is 9.47 Å². The molecule has 1 aliphatic rings. The molecule has 6 heteroatoms. The molecule has 4 aromatic rings. The molecule has 0 aliphatic carbocycles. The number of methoxy groups -OCH3 is 2. The molecular formula is C31H32N2O4. The van der Waals surface area contributed by atoms with E-state index in [9.17, 15) is 4.79 Å². The van der Waals surface area contributed by atoms with Gasteiger partial charge in [-0.15, -0.1) is 0 Å². The molecule has 0 unspecified atom stereocenters. The number of furan rings is 1. The molecule has 0 saturated carbocycles. The fraction of sp³-hybridized carbons (Fsp3) is 0.258. The van der Waals surface area contributed by atoms with Crippen LogP contribution in [0.1, 0.15) is 18.1 Å². The van der Waals surface area contributed by atoms with Crippen LogP contribution in [-0.2, 0) is 11.3 Å². The molecule has 5 rings (SSSR count). The van der Waals surface area contributed by atoms with Crippen LogP contribution in [0.5, 0.6) is 11.5 Å². The largest absolute Gasteiger partial charge is 0.497 e. The summed E-state index contributed by atoms with van der Waals surface area (Å²) in [6.45, 7) is 6.03. The number of allylic oxidation sites excluding steroid dienone is 1. The molecule has 1 saturated heterocycles. The zero-order valence-corrected chi connectivity index (χ0v) is 21.6. The zero-order chi connectivity index (χ0) is 25.8. The van der Waals surface area contributed by atoms with E-state index in [1.54, 1.807) is 26.6 Å². The highest BCUT2D eigenvalue weighted by Gasteiger charge is 2.21. The van der Waals surface area contributed by atoms with Crippen molar-refractivity contribution in [3.05, 3.63) is 90.2 Å². The SMILES string of the molecule is COc1ccc(-c2coc3cc(OC)c(/C(C)=C/C(=O)N4CCN(Cc5ccccc5)CC4)cc23)cc1.